The normalized spacial score (nSPS) is 15.4. The standard InChI is InChI=1S/C23H30N4OS/c1-18(29-21-7-4-3-5-8-21)15-25-23(24-2)26-16-19-10-12-20(13-11-19)17-27-14-6-9-22(27)28/h3-5,7-8,10-13,18H,6,9,14-17H2,1-2H3,(H2,24,25,26). The zero-order valence-electron chi connectivity index (χ0n) is 17.2. The SMILES string of the molecule is CN=C(NCc1ccc(CN2CCCC2=O)cc1)NCC(C)Sc1ccccc1. The van der Waals surface area contributed by atoms with Crippen LogP contribution in [0.5, 0.6) is 0 Å². The Bertz CT molecular complexity index is 807. The molecule has 0 aliphatic carbocycles. The Morgan fingerprint density at radius 3 is 2.48 bits per heavy atom. The van der Waals surface area contributed by atoms with E-state index in [1.165, 1.54) is 16.0 Å². The first kappa shape index (κ1) is 21.2. The van der Waals surface area contributed by atoms with Crippen LogP contribution in [0.1, 0.15) is 30.9 Å². The Morgan fingerprint density at radius 2 is 1.83 bits per heavy atom. The van der Waals surface area contributed by atoms with Gasteiger partial charge in [0.2, 0.25) is 5.91 Å². The van der Waals surface area contributed by atoms with E-state index in [-0.39, 0.29) is 5.91 Å². The second-order valence-electron chi connectivity index (χ2n) is 7.28. The van der Waals surface area contributed by atoms with Crippen molar-refractivity contribution in [2.75, 3.05) is 20.1 Å². The summed E-state index contributed by atoms with van der Waals surface area (Å²) in [6.45, 7) is 5.35. The fourth-order valence-electron chi connectivity index (χ4n) is 3.27. The molecule has 2 aromatic rings. The molecule has 0 saturated carbocycles. The highest BCUT2D eigenvalue weighted by atomic mass is 32.2. The largest absolute Gasteiger partial charge is 0.355 e. The fourth-order valence-corrected chi connectivity index (χ4v) is 4.22. The molecule has 2 N–H and O–H groups in total. The Kier molecular flexibility index (Phi) is 7.99. The summed E-state index contributed by atoms with van der Waals surface area (Å²) in [6.07, 6.45) is 1.67. The molecule has 1 atom stereocenters. The maximum Gasteiger partial charge on any atom is 0.222 e. The number of nitrogens with zero attached hydrogens (tertiary/aromatic N) is 2. The van der Waals surface area contributed by atoms with Crippen molar-refractivity contribution in [2.45, 2.75) is 43.0 Å². The number of amides is 1. The first-order valence-corrected chi connectivity index (χ1v) is 11.0. The van der Waals surface area contributed by atoms with Crippen LogP contribution in [0, 0.1) is 0 Å². The van der Waals surface area contributed by atoms with Crippen LogP contribution in [0.4, 0.5) is 0 Å². The number of guanidine groups is 1. The predicted octanol–water partition coefficient (Wildman–Crippen LogP) is 3.65. The molecule has 0 spiro atoms. The molecule has 2 aromatic carbocycles. The number of thioether (sulfide) groups is 1. The minimum absolute atomic E-state index is 0.269. The molecular formula is C23H30N4OS. The number of rotatable bonds is 8. The quantitative estimate of drug-likeness (QED) is 0.396. The lowest BCUT2D eigenvalue weighted by Crippen LogP contribution is -2.39. The van der Waals surface area contributed by atoms with Gasteiger partial charge in [-0.2, -0.15) is 0 Å². The van der Waals surface area contributed by atoms with Crippen LogP contribution in [-0.2, 0) is 17.9 Å². The van der Waals surface area contributed by atoms with Gasteiger partial charge >= 0.3 is 0 Å². The molecule has 1 unspecified atom stereocenters. The van der Waals surface area contributed by atoms with Gasteiger partial charge in [-0.25, -0.2) is 0 Å². The minimum Gasteiger partial charge on any atom is -0.355 e. The van der Waals surface area contributed by atoms with E-state index in [2.05, 4.69) is 71.1 Å². The third-order valence-corrected chi connectivity index (χ3v) is 6.00. The Morgan fingerprint density at radius 1 is 1.10 bits per heavy atom. The van der Waals surface area contributed by atoms with E-state index in [9.17, 15) is 4.79 Å². The van der Waals surface area contributed by atoms with Crippen LogP contribution >= 0.6 is 11.8 Å². The molecule has 29 heavy (non-hydrogen) atoms. The highest BCUT2D eigenvalue weighted by Gasteiger charge is 2.19. The van der Waals surface area contributed by atoms with Gasteiger partial charge in [0, 0.05) is 49.8 Å². The summed E-state index contributed by atoms with van der Waals surface area (Å²) < 4.78 is 0. The van der Waals surface area contributed by atoms with Crippen LogP contribution < -0.4 is 10.6 Å². The lowest BCUT2D eigenvalue weighted by atomic mass is 10.1. The summed E-state index contributed by atoms with van der Waals surface area (Å²) in [5.74, 6) is 1.07. The number of hydrogen-bond acceptors (Lipinski definition) is 3. The summed E-state index contributed by atoms with van der Waals surface area (Å²) in [5, 5.41) is 7.20. The number of nitrogens with one attached hydrogen (secondary N) is 2. The summed E-state index contributed by atoms with van der Waals surface area (Å²) in [4.78, 5) is 19.3. The smallest absolute Gasteiger partial charge is 0.222 e. The average molecular weight is 411 g/mol. The summed E-state index contributed by atoms with van der Waals surface area (Å²) >= 11 is 1.85. The number of aliphatic imine (C=N–C) groups is 1. The van der Waals surface area contributed by atoms with Gasteiger partial charge < -0.3 is 15.5 Å². The van der Waals surface area contributed by atoms with Crippen molar-refractivity contribution < 1.29 is 4.79 Å². The molecule has 0 radical (unpaired) electrons. The summed E-state index contributed by atoms with van der Waals surface area (Å²) in [6, 6.07) is 18.9. The number of carbonyl (C=O) groups excluding carboxylic acids is 1. The van der Waals surface area contributed by atoms with E-state index in [0.717, 1.165) is 25.5 Å². The second kappa shape index (κ2) is 10.9. The summed E-state index contributed by atoms with van der Waals surface area (Å²) in [5.41, 5.74) is 2.37. The Labute approximate surface area is 178 Å². The maximum absolute atomic E-state index is 11.8. The number of likely N-dealkylation sites (tertiary alicyclic amines) is 1. The highest BCUT2D eigenvalue weighted by molar-refractivity contribution is 8.00. The van der Waals surface area contributed by atoms with E-state index in [0.29, 0.717) is 24.8 Å². The number of hydrogen-bond donors (Lipinski definition) is 2. The molecule has 1 aliphatic rings. The predicted molar refractivity (Wildman–Crippen MR) is 121 cm³/mol. The molecule has 154 valence electrons. The number of carbonyl (C=O) groups is 1. The van der Waals surface area contributed by atoms with Gasteiger partial charge in [-0.1, -0.05) is 49.4 Å². The van der Waals surface area contributed by atoms with E-state index < -0.39 is 0 Å². The topological polar surface area (TPSA) is 56.7 Å². The average Bonchev–Trinajstić information content (AvgIpc) is 3.14. The molecule has 5 nitrogen and oxygen atoms in total. The molecule has 3 rings (SSSR count). The molecule has 6 heteroatoms. The van der Waals surface area contributed by atoms with Crippen LogP contribution in [0.2, 0.25) is 0 Å². The lowest BCUT2D eigenvalue weighted by Gasteiger charge is -2.17. The molecular weight excluding hydrogens is 380 g/mol. The molecule has 1 amide bonds. The van der Waals surface area contributed by atoms with Crippen molar-refractivity contribution >= 4 is 23.6 Å². The van der Waals surface area contributed by atoms with Crippen molar-refractivity contribution in [3.8, 4) is 0 Å². The Balaban J connectivity index is 1.41. The third kappa shape index (κ3) is 6.82. The molecule has 1 aliphatic heterocycles. The van der Waals surface area contributed by atoms with E-state index in [4.69, 9.17) is 0 Å². The van der Waals surface area contributed by atoms with Crippen molar-refractivity contribution in [1.82, 2.24) is 15.5 Å². The van der Waals surface area contributed by atoms with Crippen molar-refractivity contribution in [1.29, 1.82) is 0 Å². The van der Waals surface area contributed by atoms with Gasteiger partial charge in [-0.15, -0.1) is 11.8 Å². The number of benzene rings is 2. The zero-order valence-corrected chi connectivity index (χ0v) is 18.0. The highest BCUT2D eigenvalue weighted by Crippen LogP contribution is 2.21. The van der Waals surface area contributed by atoms with Crippen LogP contribution in [-0.4, -0.2) is 42.2 Å². The van der Waals surface area contributed by atoms with Crippen molar-refractivity contribution in [3.05, 3.63) is 65.7 Å². The monoisotopic (exact) mass is 410 g/mol. The molecule has 0 aromatic heterocycles. The van der Waals surface area contributed by atoms with Crippen molar-refractivity contribution in [3.63, 3.8) is 0 Å². The molecule has 1 fully saturated rings. The van der Waals surface area contributed by atoms with Gasteiger partial charge in [-0.05, 0) is 29.7 Å². The van der Waals surface area contributed by atoms with Gasteiger partial charge in [-0.3, -0.25) is 9.79 Å². The minimum atomic E-state index is 0.269. The Hall–Kier alpha value is -2.47. The molecule has 1 heterocycles. The van der Waals surface area contributed by atoms with E-state index >= 15 is 0 Å². The van der Waals surface area contributed by atoms with Crippen LogP contribution in [0.15, 0.2) is 64.5 Å². The van der Waals surface area contributed by atoms with Crippen molar-refractivity contribution in [2.24, 2.45) is 4.99 Å². The first-order chi connectivity index (χ1) is 14.1. The van der Waals surface area contributed by atoms with Crippen LogP contribution in [0.3, 0.4) is 0 Å². The second-order valence-corrected chi connectivity index (χ2v) is 8.80. The fraction of sp³-hybridized carbons (Fsp3) is 0.391. The zero-order chi connectivity index (χ0) is 20.5. The molecule has 1 saturated heterocycles. The first-order valence-electron chi connectivity index (χ1n) is 10.2. The van der Waals surface area contributed by atoms with Crippen LogP contribution in [0.25, 0.3) is 0 Å². The maximum atomic E-state index is 11.8. The lowest BCUT2D eigenvalue weighted by molar-refractivity contribution is -0.128. The van der Waals surface area contributed by atoms with E-state index in [1.54, 1.807) is 7.05 Å². The van der Waals surface area contributed by atoms with Gasteiger partial charge in [0.25, 0.3) is 0 Å². The summed E-state index contributed by atoms with van der Waals surface area (Å²) in [7, 11) is 1.79. The van der Waals surface area contributed by atoms with Gasteiger partial charge in [0.15, 0.2) is 5.96 Å². The third-order valence-electron chi connectivity index (χ3n) is 4.89. The van der Waals surface area contributed by atoms with E-state index in [1.807, 2.05) is 22.7 Å². The van der Waals surface area contributed by atoms with Gasteiger partial charge in [0.1, 0.15) is 0 Å². The molecule has 0 bridgehead atoms. The van der Waals surface area contributed by atoms with Gasteiger partial charge in [0.05, 0.1) is 0 Å².